The van der Waals surface area contributed by atoms with E-state index in [1.54, 1.807) is 18.2 Å². The number of aromatic nitrogens is 1. The number of carbonyl (C=O) groups excluding carboxylic acids is 1. The van der Waals surface area contributed by atoms with Crippen LogP contribution in [0, 0.1) is 0 Å². The van der Waals surface area contributed by atoms with Crippen LogP contribution in [0.25, 0.3) is 10.6 Å². The quantitative estimate of drug-likeness (QED) is 0.798. The summed E-state index contributed by atoms with van der Waals surface area (Å²) in [5, 5.41) is 0.637. The summed E-state index contributed by atoms with van der Waals surface area (Å²) in [5.74, 6) is 0. The van der Waals surface area contributed by atoms with Gasteiger partial charge in [0, 0.05) is 18.0 Å². The van der Waals surface area contributed by atoms with Crippen molar-refractivity contribution in [1.29, 1.82) is 0 Å². The number of benzene rings is 1. The Bertz CT molecular complexity index is 659. The van der Waals surface area contributed by atoms with Crippen LogP contribution in [0.4, 0.5) is 0 Å². The molecular formula is C11H9NO3S2. The molecule has 0 saturated carbocycles. The summed E-state index contributed by atoms with van der Waals surface area (Å²) in [6, 6.07) is 6.52. The molecule has 0 unspecified atom stereocenters. The van der Waals surface area contributed by atoms with Crippen LogP contribution in [-0.2, 0) is 9.84 Å². The zero-order valence-corrected chi connectivity index (χ0v) is 10.6. The molecule has 0 spiro atoms. The van der Waals surface area contributed by atoms with Crippen molar-refractivity contribution in [3.8, 4) is 10.6 Å². The Morgan fingerprint density at radius 3 is 2.71 bits per heavy atom. The lowest BCUT2D eigenvalue weighted by Crippen LogP contribution is -1.96. The van der Waals surface area contributed by atoms with Crippen LogP contribution in [0.3, 0.4) is 0 Å². The Kier molecular flexibility index (Phi) is 3.08. The molecule has 88 valence electrons. The maximum Gasteiger partial charge on any atom is 0.175 e. The normalized spacial score (nSPS) is 11.4. The minimum absolute atomic E-state index is 0.248. The molecule has 0 aliphatic rings. The van der Waals surface area contributed by atoms with E-state index >= 15 is 0 Å². The third-order valence-electron chi connectivity index (χ3n) is 2.15. The SMILES string of the molecule is CS(=O)(=O)c1cccc(-c2ncc(C=O)s2)c1. The Hall–Kier alpha value is -1.53. The molecule has 0 amide bonds. The molecule has 0 N–H and O–H groups in total. The first-order valence-electron chi connectivity index (χ1n) is 4.72. The average molecular weight is 267 g/mol. The van der Waals surface area contributed by atoms with E-state index in [1.807, 2.05) is 0 Å². The van der Waals surface area contributed by atoms with Crippen molar-refractivity contribution in [2.75, 3.05) is 6.26 Å². The lowest BCUT2D eigenvalue weighted by molar-refractivity contribution is 0.112. The maximum atomic E-state index is 11.4. The molecular weight excluding hydrogens is 258 g/mol. The highest BCUT2D eigenvalue weighted by molar-refractivity contribution is 7.90. The van der Waals surface area contributed by atoms with E-state index in [0.29, 0.717) is 15.4 Å². The van der Waals surface area contributed by atoms with Crippen molar-refractivity contribution < 1.29 is 13.2 Å². The monoisotopic (exact) mass is 267 g/mol. The van der Waals surface area contributed by atoms with E-state index in [1.165, 1.54) is 23.6 Å². The largest absolute Gasteiger partial charge is 0.297 e. The predicted molar refractivity (Wildman–Crippen MR) is 66.0 cm³/mol. The van der Waals surface area contributed by atoms with Gasteiger partial charge in [-0.3, -0.25) is 4.79 Å². The van der Waals surface area contributed by atoms with Gasteiger partial charge in [-0.2, -0.15) is 0 Å². The molecule has 0 aliphatic carbocycles. The molecule has 2 aromatic rings. The van der Waals surface area contributed by atoms with Gasteiger partial charge in [0.1, 0.15) is 5.01 Å². The summed E-state index contributed by atoms with van der Waals surface area (Å²) in [5.41, 5.74) is 0.700. The molecule has 2 rings (SSSR count). The second-order valence-corrected chi connectivity index (χ2v) is 6.56. The van der Waals surface area contributed by atoms with Gasteiger partial charge in [0.05, 0.1) is 9.77 Å². The molecule has 0 bridgehead atoms. The molecule has 0 aliphatic heterocycles. The number of carbonyl (C=O) groups is 1. The first-order chi connectivity index (χ1) is 8.00. The predicted octanol–water partition coefficient (Wildman–Crippen LogP) is 2.03. The fraction of sp³-hybridized carbons (Fsp3) is 0.0909. The van der Waals surface area contributed by atoms with Crippen molar-refractivity contribution in [2.45, 2.75) is 4.90 Å². The van der Waals surface area contributed by atoms with Crippen LogP contribution in [0.2, 0.25) is 0 Å². The molecule has 0 saturated heterocycles. The van der Waals surface area contributed by atoms with Crippen molar-refractivity contribution in [3.05, 3.63) is 35.3 Å². The molecule has 6 heteroatoms. The highest BCUT2D eigenvalue weighted by atomic mass is 32.2. The van der Waals surface area contributed by atoms with Crippen LogP contribution in [0.15, 0.2) is 35.4 Å². The van der Waals surface area contributed by atoms with Gasteiger partial charge in [0.15, 0.2) is 16.1 Å². The zero-order valence-electron chi connectivity index (χ0n) is 8.95. The van der Waals surface area contributed by atoms with Crippen LogP contribution >= 0.6 is 11.3 Å². The Labute approximate surface area is 103 Å². The molecule has 1 aromatic carbocycles. The van der Waals surface area contributed by atoms with Gasteiger partial charge in [0.2, 0.25) is 0 Å². The Balaban J connectivity index is 2.50. The van der Waals surface area contributed by atoms with Crippen molar-refractivity contribution >= 4 is 27.5 Å². The van der Waals surface area contributed by atoms with Crippen LogP contribution < -0.4 is 0 Å². The fourth-order valence-electron chi connectivity index (χ4n) is 1.33. The van der Waals surface area contributed by atoms with Gasteiger partial charge >= 0.3 is 0 Å². The van der Waals surface area contributed by atoms with E-state index in [2.05, 4.69) is 4.98 Å². The van der Waals surface area contributed by atoms with Gasteiger partial charge in [-0.05, 0) is 12.1 Å². The molecule has 1 aromatic heterocycles. The lowest BCUT2D eigenvalue weighted by atomic mass is 10.2. The Morgan fingerprint density at radius 1 is 1.35 bits per heavy atom. The van der Waals surface area contributed by atoms with E-state index in [4.69, 9.17) is 0 Å². The molecule has 17 heavy (non-hydrogen) atoms. The van der Waals surface area contributed by atoms with Crippen LogP contribution in [-0.4, -0.2) is 25.9 Å². The number of rotatable bonds is 3. The summed E-state index contributed by atoms with van der Waals surface area (Å²) in [7, 11) is -3.22. The van der Waals surface area contributed by atoms with Gasteiger partial charge in [-0.1, -0.05) is 12.1 Å². The number of thiazole rings is 1. The van der Waals surface area contributed by atoms with Crippen molar-refractivity contribution in [1.82, 2.24) is 4.98 Å². The summed E-state index contributed by atoms with van der Waals surface area (Å²) in [6.45, 7) is 0. The van der Waals surface area contributed by atoms with Crippen molar-refractivity contribution in [3.63, 3.8) is 0 Å². The maximum absolute atomic E-state index is 11.4. The van der Waals surface area contributed by atoms with Gasteiger partial charge < -0.3 is 0 Å². The minimum Gasteiger partial charge on any atom is -0.297 e. The summed E-state index contributed by atoms with van der Waals surface area (Å²) < 4.78 is 22.8. The molecule has 0 atom stereocenters. The number of hydrogen-bond acceptors (Lipinski definition) is 5. The minimum atomic E-state index is -3.22. The molecule has 0 radical (unpaired) electrons. The molecule has 0 fully saturated rings. The third-order valence-corrected chi connectivity index (χ3v) is 4.23. The number of aldehydes is 1. The molecule has 4 nitrogen and oxygen atoms in total. The van der Waals surface area contributed by atoms with Gasteiger partial charge in [-0.25, -0.2) is 13.4 Å². The standard InChI is InChI=1S/C11H9NO3S2/c1-17(14,15)10-4-2-3-8(5-10)11-12-6-9(7-13)16-11/h2-7H,1H3. The molecule has 1 heterocycles. The smallest absolute Gasteiger partial charge is 0.175 e. The summed E-state index contributed by atoms with van der Waals surface area (Å²) in [4.78, 5) is 15.4. The first-order valence-corrected chi connectivity index (χ1v) is 7.43. The fourth-order valence-corrected chi connectivity index (χ4v) is 2.73. The highest BCUT2D eigenvalue weighted by Gasteiger charge is 2.10. The van der Waals surface area contributed by atoms with E-state index in [9.17, 15) is 13.2 Å². The summed E-state index contributed by atoms with van der Waals surface area (Å²) >= 11 is 1.23. The zero-order chi connectivity index (χ0) is 12.5. The van der Waals surface area contributed by atoms with Crippen LogP contribution in [0.5, 0.6) is 0 Å². The topological polar surface area (TPSA) is 64.1 Å². The van der Waals surface area contributed by atoms with Gasteiger partial charge in [0.25, 0.3) is 0 Å². The van der Waals surface area contributed by atoms with Gasteiger partial charge in [-0.15, -0.1) is 11.3 Å². The second kappa shape index (κ2) is 4.38. The number of sulfone groups is 1. The third kappa shape index (κ3) is 2.59. The lowest BCUT2D eigenvalue weighted by Gasteiger charge is -2.00. The average Bonchev–Trinajstić information content (AvgIpc) is 2.76. The van der Waals surface area contributed by atoms with Crippen LogP contribution in [0.1, 0.15) is 9.67 Å². The van der Waals surface area contributed by atoms with Crippen molar-refractivity contribution in [2.24, 2.45) is 0 Å². The van der Waals surface area contributed by atoms with E-state index in [0.717, 1.165) is 12.5 Å². The second-order valence-electron chi connectivity index (χ2n) is 3.49. The Morgan fingerprint density at radius 2 is 2.12 bits per heavy atom. The first kappa shape index (κ1) is 11.9. The highest BCUT2D eigenvalue weighted by Crippen LogP contribution is 2.26. The van der Waals surface area contributed by atoms with E-state index in [-0.39, 0.29) is 4.90 Å². The number of hydrogen-bond donors (Lipinski definition) is 0. The number of nitrogens with zero attached hydrogens (tertiary/aromatic N) is 1. The summed E-state index contributed by atoms with van der Waals surface area (Å²) in [6.07, 6.45) is 3.35. The van der Waals surface area contributed by atoms with E-state index < -0.39 is 9.84 Å².